The average molecular weight is 632 g/mol. The van der Waals surface area contributed by atoms with Crippen molar-refractivity contribution in [2.24, 2.45) is 0 Å². The first-order valence-electron chi connectivity index (χ1n) is 15.2. The van der Waals surface area contributed by atoms with Gasteiger partial charge in [0, 0.05) is 6.54 Å². The second-order valence-corrected chi connectivity index (χ2v) is 13.6. The van der Waals surface area contributed by atoms with Crippen LogP contribution < -0.4 is 10.6 Å². The van der Waals surface area contributed by atoms with Gasteiger partial charge < -0.3 is 20.3 Å². The number of nitrogens with zero attached hydrogens (tertiary/aromatic N) is 1. The molecule has 7 nitrogen and oxygen atoms in total. The van der Waals surface area contributed by atoms with Gasteiger partial charge in [-0.15, -0.1) is 0 Å². The van der Waals surface area contributed by atoms with Crippen LogP contribution in [0.4, 0.5) is 10.5 Å². The second kappa shape index (κ2) is 17.6. The summed E-state index contributed by atoms with van der Waals surface area (Å²) >= 11 is 8.10. The third-order valence-electron chi connectivity index (χ3n) is 6.98. The fourth-order valence-electron chi connectivity index (χ4n) is 5.02. The first-order chi connectivity index (χ1) is 20.3. The van der Waals surface area contributed by atoms with E-state index in [1.54, 1.807) is 43.5 Å². The maximum Gasteiger partial charge on any atom is 0.408 e. The zero-order valence-electron chi connectivity index (χ0n) is 27.1. The predicted molar refractivity (Wildman–Crippen MR) is 180 cm³/mol. The molecule has 0 saturated heterocycles. The van der Waals surface area contributed by atoms with Crippen LogP contribution in [0.3, 0.4) is 0 Å². The van der Waals surface area contributed by atoms with Crippen LogP contribution in [0.5, 0.6) is 0 Å². The van der Waals surface area contributed by atoms with Crippen molar-refractivity contribution in [1.29, 1.82) is 0 Å². The van der Waals surface area contributed by atoms with Gasteiger partial charge in [-0.1, -0.05) is 85.7 Å². The van der Waals surface area contributed by atoms with Gasteiger partial charge in [-0.25, -0.2) is 4.79 Å². The first-order valence-corrected chi connectivity index (χ1v) is 17.0. The monoisotopic (exact) mass is 631 g/mol. The Morgan fingerprint density at radius 3 is 2.23 bits per heavy atom. The number of nitrogens with one attached hydrogen (secondary N) is 2. The normalized spacial score (nSPS) is 12.8. The van der Waals surface area contributed by atoms with Gasteiger partial charge in [-0.2, -0.15) is 11.8 Å². The quantitative estimate of drug-likeness (QED) is 0.193. The summed E-state index contributed by atoms with van der Waals surface area (Å²) in [6.07, 6.45) is 6.61. The van der Waals surface area contributed by atoms with Gasteiger partial charge >= 0.3 is 6.09 Å². The first kappa shape index (κ1) is 36.5. The molecule has 0 spiro atoms. The van der Waals surface area contributed by atoms with E-state index in [2.05, 4.69) is 17.6 Å². The average Bonchev–Trinajstić information content (AvgIpc) is 2.90. The lowest BCUT2D eigenvalue weighted by atomic mass is 9.97. The third kappa shape index (κ3) is 12.1. The van der Waals surface area contributed by atoms with Crippen LogP contribution in [0.25, 0.3) is 0 Å². The molecule has 0 fully saturated rings. The van der Waals surface area contributed by atoms with Gasteiger partial charge in [0.25, 0.3) is 5.91 Å². The van der Waals surface area contributed by atoms with Crippen molar-refractivity contribution in [2.45, 2.75) is 105 Å². The van der Waals surface area contributed by atoms with E-state index in [0.717, 1.165) is 48.8 Å². The molecule has 0 aromatic heterocycles. The van der Waals surface area contributed by atoms with Crippen LogP contribution in [0.2, 0.25) is 5.02 Å². The Hall–Kier alpha value is -2.71. The molecule has 0 heterocycles. The highest BCUT2D eigenvalue weighted by Gasteiger charge is 2.36. The molecule has 2 unspecified atom stereocenters. The Bertz CT molecular complexity index is 1190. The minimum absolute atomic E-state index is 0.314. The van der Waals surface area contributed by atoms with Crippen molar-refractivity contribution in [1.82, 2.24) is 10.2 Å². The van der Waals surface area contributed by atoms with Crippen LogP contribution in [-0.4, -0.2) is 53.0 Å². The molecule has 9 heteroatoms. The number of benzene rings is 2. The van der Waals surface area contributed by atoms with Crippen LogP contribution in [0.1, 0.15) is 94.5 Å². The van der Waals surface area contributed by atoms with Crippen molar-refractivity contribution in [3.05, 3.63) is 63.7 Å². The van der Waals surface area contributed by atoms with Crippen LogP contribution in [-0.2, 0) is 14.3 Å². The molecule has 2 aromatic rings. The minimum atomic E-state index is -0.940. The summed E-state index contributed by atoms with van der Waals surface area (Å²) in [4.78, 5) is 43.3. The molecule has 0 aliphatic carbocycles. The SMILES string of the molecule is CCCCCCCN(C(=O)C(CCSC)NC(=O)OC(C)(C)C)C(C(=O)Nc1c(C)cccc1Cl)c1cc(C)cc(C)c1. The van der Waals surface area contributed by atoms with E-state index in [0.29, 0.717) is 35.0 Å². The summed E-state index contributed by atoms with van der Waals surface area (Å²) in [5, 5.41) is 6.28. The van der Waals surface area contributed by atoms with E-state index in [9.17, 15) is 14.4 Å². The molecule has 2 rings (SSSR count). The number of rotatable bonds is 15. The lowest BCUT2D eigenvalue weighted by Gasteiger charge is -2.35. The molecule has 43 heavy (non-hydrogen) atoms. The Balaban J connectivity index is 2.61. The Kier molecular flexibility index (Phi) is 14.9. The highest BCUT2D eigenvalue weighted by atomic mass is 35.5. The van der Waals surface area contributed by atoms with Gasteiger partial charge in [-0.3, -0.25) is 9.59 Å². The Morgan fingerprint density at radius 2 is 1.65 bits per heavy atom. The van der Waals surface area contributed by atoms with Gasteiger partial charge in [0.2, 0.25) is 5.91 Å². The molecule has 2 N–H and O–H groups in total. The van der Waals surface area contributed by atoms with Crippen molar-refractivity contribution in [3.8, 4) is 0 Å². The van der Waals surface area contributed by atoms with Crippen molar-refractivity contribution in [3.63, 3.8) is 0 Å². The Labute approximate surface area is 267 Å². The Morgan fingerprint density at radius 1 is 1.00 bits per heavy atom. The van der Waals surface area contributed by atoms with Crippen molar-refractivity contribution in [2.75, 3.05) is 23.9 Å². The number of alkyl carbamates (subject to hydrolysis) is 1. The topological polar surface area (TPSA) is 87.7 Å². The third-order valence-corrected chi connectivity index (χ3v) is 7.93. The molecule has 2 atom stereocenters. The second-order valence-electron chi connectivity index (χ2n) is 12.2. The predicted octanol–water partition coefficient (Wildman–Crippen LogP) is 8.39. The molecular weight excluding hydrogens is 582 g/mol. The van der Waals surface area contributed by atoms with E-state index >= 15 is 0 Å². The van der Waals surface area contributed by atoms with E-state index in [4.69, 9.17) is 16.3 Å². The number of thioether (sulfide) groups is 1. The maximum absolute atomic E-state index is 14.5. The summed E-state index contributed by atoms with van der Waals surface area (Å²) in [6, 6.07) is 9.59. The molecule has 0 aliphatic rings. The number of carbonyl (C=O) groups is 3. The van der Waals surface area contributed by atoms with Crippen LogP contribution >= 0.6 is 23.4 Å². The molecule has 3 amide bonds. The van der Waals surface area contributed by atoms with Gasteiger partial charge in [-0.05, 0) is 83.6 Å². The molecule has 0 radical (unpaired) electrons. The highest BCUT2D eigenvalue weighted by Crippen LogP contribution is 2.31. The summed E-state index contributed by atoms with van der Waals surface area (Å²) in [6.45, 7) is 13.7. The number of aryl methyl sites for hydroxylation is 3. The fraction of sp³-hybridized carbons (Fsp3) is 0.559. The standard InChI is InChI=1S/C34H50ClN3O4S/c1-9-10-11-12-13-18-38(32(40)28(17-19-43-8)36-33(41)42-34(5,6)7)30(26-21-23(2)20-24(3)22-26)31(39)37-29-25(4)15-14-16-27(29)35/h14-16,20-22,28,30H,9-13,17-19H2,1-8H3,(H,36,41)(H,37,39). The molecule has 2 aromatic carbocycles. The molecule has 0 aliphatic heterocycles. The lowest BCUT2D eigenvalue weighted by Crippen LogP contribution is -2.53. The maximum atomic E-state index is 14.5. The lowest BCUT2D eigenvalue weighted by molar-refractivity contribution is -0.141. The number of anilines is 1. The molecule has 0 bridgehead atoms. The largest absolute Gasteiger partial charge is 0.444 e. The zero-order valence-corrected chi connectivity index (χ0v) is 28.7. The fourth-order valence-corrected chi connectivity index (χ4v) is 5.76. The number of hydrogen-bond donors (Lipinski definition) is 2. The van der Waals surface area contributed by atoms with Gasteiger partial charge in [0.1, 0.15) is 17.7 Å². The summed E-state index contributed by atoms with van der Waals surface area (Å²) in [5.74, 6) is -0.0231. The number of amides is 3. The minimum Gasteiger partial charge on any atom is -0.444 e. The molecular formula is C34H50ClN3O4S. The smallest absolute Gasteiger partial charge is 0.408 e. The number of hydrogen-bond acceptors (Lipinski definition) is 5. The van der Waals surface area contributed by atoms with E-state index in [-0.39, 0.29) is 11.8 Å². The van der Waals surface area contributed by atoms with Crippen LogP contribution in [0, 0.1) is 20.8 Å². The summed E-state index contributed by atoms with van der Waals surface area (Å²) in [5.41, 5.74) is 3.31. The highest BCUT2D eigenvalue weighted by molar-refractivity contribution is 7.98. The van der Waals surface area contributed by atoms with E-state index in [1.165, 1.54) is 0 Å². The number of ether oxygens (including phenoxy) is 1. The van der Waals surface area contributed by atoms with Crippen molar-refractivity contribution >= 4 is 47.0 Å². The molecule has 238 valence electrons. The number of halogens is 1. The number of unbranched alkanes of at least 4 members (excludes halogenated alkanes) is 4. The van der Waals surface area contributed by atoms with Crippen molar-refractivity contribution < 1.29 is 19.1 Å². The number of carbonyl (C=O) groups excluding carboxylic acids is 3. The summed E-state index contributed by atoms with van der Waals surface area (Å²) < 4.78 is 5.51. The summed E-state index contributed by atoms with van der Waals surface area (Å²) in [7, 11) is 0. The number of para-hydroxylation sites is 1. The van der Waals surface area contributed by atoms with Crippen LogP contribution in [0.15, 0.2) is 36.4 Å². The van der Waals surface area contributed by atoms with Gasteiger partial charge in [0.15, 0.2) is 0 Å². The van der Waals surface area contributed by atoms with Gasteiger partial charge in [0.05, 0.1) is 10.7 Å². The van der Waals surface area contributed by atoms with E-state index in [1.807, 2.05) is 57.4 Å². The molecule has 0 saturated carbocycles. The van der Waals surface area contributed by atoms with E-state index < -0.39 is 23.8 Å². The zero-order chi connectivity index (χ0) is 32.2.